The lowest BCUT2D eigenvalue weighted by molar-refractivity contribution is -0.132. The number of benzene rings is 1. The molecule has 1 aromatic carbocycles. The van der Waals surface area contributed by atoms with Crippen LogP contribution in [0.2, 0.25) is 0 Å². The predicted octanol–water partition coefficient (Wildman–Crippen LogP) is 2.97. The summed E-state index contributed by atoms with van der Waals surface area (Å²) < 4.78 is 6.17. The molecular formula is C20H26N4O2. The van der Waals surface area contributed by atoms with E-state index in [-0.39, 0.29) is 12.0 Å². The molecule has 26 heavy (non-hydrogen) atoms. The largest absolute Gasteiger partial charge is 0.490 e. The third kappa shape index (κ3) is 4.94. The van der Waals surface area contributed by atoms with Crippen molar-refractivity contribution in [1.29, 1.82) is 0 Å². The van der Waals surface area contributed by atoms with E-state index in [1.54, 1.807) is 18.5 Å². The molecule has 0 saturated carbocycles. The van der Waals surface area contributed by atoms with Crippen molar-refractivity contribution in [2.24, 2.45) is 0 Å². The van der Waals surface area contributed by atoms with Crippen molar-refractivity contribution in [2.75, 3.05) is 25.0 Å². The summed E-state index contributed by atoms with van der Waals surface area (Å²) in [6.45, 7) is 6.17. The second kappa shape index (κ2) is 8.65. The van der Waals surface area contributed by atoms with Crippen LogP contribution in [-0.4, -0.2) is 46.5 Å². The molecule has 1 saturated heterocycles. The van der Waals surface area contributed by atoms with Gasteiger partial charge in [0.15, 0.2) is 0 Å². The lowest BCUT2D eigenvalue weighted by atomic mass is 10.1. The third-order valence-electron chi connectivity index (χ3n) is 4.62. The van der Waals surface area contributed by atoms with Gasteiger partial charge in [0.1, 0.15) is 11.9 Å². The first-order valence-electron chi connectivity index (χ1n) is 9.14. The van der Waals surface area contributed by atoms with Crippen molar-refractivity contribution in [3.63, 3.8) is 0 Å². The molecule has 1 aromatic heterocycles. The summed E-state index contributed by atoms with van der Waals surface area (Å²) in [7, 11) is 0. The highest BCUT2D eigenvalue weighted by Crippen LogP contribution is 2.24. The number of carbonyl (C=O) groups excluding carboxylic acids is 1. The van der Waals surface area contributed by atoms with Gasteiger partial charge in [0.25, 0.3) is 0 Å². The number of aryl methyl sites for hydroxylation is 2. The smallest absolute Gasteiger partial charge is 0.224 e. The van der Waals surface area contributed by atoms with Crippen molar-refractivity contribution in [1.82, 2.24) is 14.9 Å². The molecule has 0 radical (unpaired) electrons. The molecule has 1 aliphatic rings. The Bertz CT molecular complexity index is 728. The Morgan fingerprint density at radius 1 is 1.23 bits per heavy atom. The van der Waals surface area contributed by atoms with Crippen LogP contribution >= 0.6 is 0 Å². The highest BCUT2D eigenvalue weighted by atomic mass is 16.5. The number of amides is 1. The summed E-state index contributed by atoms with van der Waals surface area (Å²) in [6.07, 6.45) is 5.72. The van der Waals surface area contributed by atoms with Gasteiger partial charge in [0.2, 0.25) is 11.9 Å². The van der Waals surface area contributed by atoms with E-state index in [1.165, 1.54) is 5.56 Å². The molecule has 0 bridgehead atoms. The van der Waals surface area contributed by atoms with Gasteiger partial charge in [-0.25, -0.2) is 9.97 Å². The molecule has 1 amide bonds. The SMILES string of the molecule is Cc1ccc(C)c(OC2CCN(C(=O)CCNc3ncccn3)CC2)c1. The molecule has 1 fully saturated rings. The number of nitrogens with one attached hydrogen (secondary N) is 1. The fourth-order valence-corrected chi connectivity index (χ4v) is 3.07. The second-order valence-corrected chi connectivity index (χ2v) is 6.72. The number of carbonyl (C=O) groups is 1. The maximum Gasteiger partial charge on any atom is 0.224 e. The van der Waals surface area contributed by atoms with Crippen LogP contribution in [0.4, 0.5) is 5.95 Å². The maximum atomic E-state index is 12.4. The predicted molar refractivity (Wildman–Crippen MR) is 101 cm³/mol. The molecule has 3 rings (SSSR count). The monoisotopic (exact) mass is 354 g/mol. The lowest BCUT2D eigenvalue weighted by Gasteiger charge is -2.32. The molecule has 6 nitrogen and oxygen atoms in total. The fourth-order valence-electron chi connectivity index (χ4n) is 3.07. The number of nitrogens with zero attached hydrogens (tertiary/aromatic N) is 3. The third-order valence-corrected chi connectivity index (χ3v) is 4.62. The maximum absolute atomic E-state index is 12.4. The van der Waals surface area contributed by atoms with E-state index >= 15 is 0 Å². The van der Waals surface area contributed by atoms with Crippen LogP contribution in [-0.2, 0) is 4.79 Å². The Labute approximate surface area is 154 Å². The van der Waals surface area contributed by atoms with Gasteiger partial charge in [-0.1, -0.05) is 12.1 Å². The van der Waals surface area contributed by atoms with Crippen LogP contribution in [0.3, 0.4) is 0 Å². The number of hydrogen-bond acceptors (Lipinski definition) is 5. The number of piperidine rings is 1. The first-order chi connectivity index (χ1) is 12.6. The van der Waals surface area contributed by atoms with Crippen molar-refractivity contribution in [2.45, 2.75) is 39.2 Å². The molecule has 0 aliphatic carbocycles. The van der Waals surface area contributed by atoms with Gasteiger partial charge in [0.05, 0.1) is 0 Å². The Morgan fingerprint density at radius 3 is 2.69 bits per heavy atom. The lowest BCUT2D eigenvalue weighted by Crippen LogP contribution is -2.42. The van der Waals surface area contributed by atoms with Crippen LogP contribution in [0.5, 0.6) is 5.75 Å². The minimum Gasteiger partial charge on any atom is -0.490 e. The van der Waals surface area contributed by atoms with Crippen molar-refractivity contribution < 1.29 is 9.53 Å². The zero-order chi connectivity index (χ0) is 18.4. The summed E-state index contributed by atoms with van der Waals surface area (Å²) in [5, 5.41) is 3.07. The fraction of sp³-hybridized carbons (Fsp3) is 0.450. The van der Waals surface area contributed by atoms with Crippen molar-refractivity contribution in [3.8, 4) is 5.75 Å². The number of rotatable bonds is 6. The molecule has 0 unspecified atom stereocenters. The van der Waals surface area contributed by atoms with Crippen molar-refractivity contribution in [3.05, 3.63) is 47.8 Å². The van der Waals surface area contributed by atoms with Crippen molar-refractivity contribution >= 4 is 11.9 Å². The molecule has 2 aromatic rings. The van der Waals surface area contributed by atoms with Gasteiger partial charge < -0.3 is 15.0 Å². The summed E-state index contributed by atoms with van der Waals surface area (Å²) in [5.74, 6) is 1.68. The molecular weight excluding hydrogens is 328 g/mol. The summed E-state index contributed by atoms with van der Waals surface area (Å²) >= 11 is 0. The minimum absolute atomic E-state index is 0.165. The summed E-state index contributed by atoms with van der Waals surface area (Å²) in [5.41, 5.74) is 2.36. The van der Waals surface area contributed by atoms with Crippen LogP contribution in [0.1, 0.15) is 30.4 Å². The standard InChI is InChI=1S/C20H26N4O2/c1-15-4-5-16(2)18(14-15)26-17-7-12-24(13-8-17)19(25)6-11-23-20-21-9-3-10-22-20/h3-5,9-10,14,17H,6-8,11-13H2,1-2H3,(H,21,22,23). The summed E-state index contributed by atoms with van der Waals surface area (Å²) in [6, 6.07) is 8.04. The van der Waals surface area contributed by atoms with E-state index < -0.39 is 0 Å². The van der Waals surface area contributed by atoms with E-state index in [2.05, 4.69) is 47.3 Å². The molecule has 138 valence electrons. The molecule has 0 atom stereocenters. The minimum atomic E-state index is 0.165. The highest BCUT2D eigenvalue weighted by Gasteiger charge is 2.24. The Balaban J connectivity index is 1.41. The Kier molecular flexibility index (Phi) is 6.04. The van der Waals surface area contributed by atoms with Gasteiger partial charge in [0, 0.05) is 51.3 Å². The van der Waals surface area contributed by atoms with Crippen LogP contribution in [0.15, 0.2) is 36.7 Å². The van der Waals surface area contributed by atoms with E-state index in [9.17, 15) is 4.79 Å². The molecule has 6 heteroatoms. The molecule has 1 N–H and O–H groups in total. The van der Waals surface area contributed by atoms with Gasteiger partial charge in [-0.3, -0.25) is 4.79 Å². The zero-order valence-electron chi connectivity index (χ0n) is 15.4. The molecule has 0 spiro atoms. The first kappa shape index (κ1) is 18.2. The summed E-state index contributed by atoms with van der Waals surface area (Å²) in [4.78, 5) is 22.5. The van der Waals surface area contributed by atoms with Gasteiger partial charge >= 0.3 is 0 Å². The van der Waals surface area contributed by atoms with Crippen LogP contribution in [0.25, 0.3) is 0 Å². The van der Waals surface area contributed by atoms with Gasteiger partial charge in [-0.05, 0) is 37.1 Å². The van der Waals surface area contributed by atoms with E-state index in [0.717, 1.165) is 37.2 Å². The van der Waals surface area contributed by atoms with E-state index in [4.69, 9.17) is 4.74 Å². The average Bonchev–Trinajstić information content (AvgIpc) is 2.66. The molecule has 1 aliphatic heterocycles. The second-order valence-electron chi connectivity index (χ2n) is 6.72. The highest BCUT2D eigenvalue weighted by molar-refractivity contribution is 5.76. The van der Waals surface area contributed by atoms with Gasteiger partial charge in [-0.15, -0.1) is 0 Å². The average molecular weight is 354 g/mol. The number of hydrogen-bond donors (Lipinski definition) is 1. The first-order valence-corrected chi connectivity index (χ1v) is 9.14. The zero-order valence-corrected chi connectivity index (χ0v) is 15.4. The van der Waals surface area contributed by atoms with Crippen LogP contribution < -0.4 is 10.1 Å². The topological polar surface area (TPSA) is 67.3 Å². The normalized spacial score (nSPS) is 14.9. The number of anilines is 1. The van der Waals surface area contributed by atoms with Gasteiger partial charge in [-0.2, -0.15) is 0 Å². The molecule has 2 heterocycles. The quantitative estimate of drug-likeness (QED) is 0.864. The Morgan fingerprint density at radius 2 is 1.96 bits per heavy atom. The Hall–Kier alpha value is -2.63. The number of ether oxygens (including phenoxy) is 1. The number of aromatic nitrogens is 2. The van der Waals surface area contributed by atoms with E-state index in [0.29, 0.717) is 18.9 Å². The van der Waals surface area contributed by atoms with Crippen LogP contribution in [0, 0.1) is 13.8 Å². The van der Waals surface area contributed by atoms with E-state index in [1.807, 2.05) is 4.90 Å². The number of likely N-dealkylation sites (tertiary alicyclic amines) is 1.